The maximum absolute atomic E-state index is 13.1. The molecule has 2 atom stereocenters. The van der Waals surface area contributed by atoms with Crippen LogP contribution >= 0.6 is 0 Å². The number of ketones is 1. The third kappa shape index (κ3) is 3.06. The first kappa shape index (κ1) is 13.4. The molecule has 0 saturated carbocycles. The predicted molar refractivity (Wildman–Crippen MR) is 73.3 cm³/mol. The summed E-state index contributed by atoms with van der Waals surface area (Å²) in [5, 5.41) is 0. The molecule has 0 spiro atoms. The van der Waals surface area contributed by atoms with Gasteiger partial charge in [0.2, 0.25) is 0 Å². The first-order valence-corrected chi connectivity index (χ1v) is 6.20. The largest absolute Gasteiger partial charge is 0.323 e. The molecule has 0 heterocycles. The van der Waals surface area contributed by atoms with E-state index >= 15 is 0 Å². The third-order valence-corrected chi connectivity index (χ3v) is 3.25. The highest BCUT2D eigenvalue weighted by atomic mass is 19.1. The topological polar surface area (TPSA) is 43.1 Å². The predicted octanol–water partition coefficient (Wildman–Crippen LogP) is 3.34. The van der Waals surface area contributed by atoms with E-state index in [4.69, 9.17) is 5.73 Å². The summed E-state index contributed by atoms with van der Waals surface area (Å²) < 4.78 is 13.1. The SMILES string of the molecule is CC(C(=O)c1cccc(F)c1)C(N)c1ccccc1. The van der Waals surface area contributed by atoms with Crippen LogP contribution in [0.2, 0.25) is 0 Å². The van der Waals surface area contributed by atoms with E-state index in [9.17, 15) is 9.18 Å². The Kier molecular flexibility index (Phi) is 4.07. The number of Topliss-reactive ketones (excluding diaryl/α,β-unsaturated/α-hetero) is 1. The van der Waals surface area contributed by atoms with E-state index in [0.29, 0.717) is 5.56 Å². The van der Waals surface area contributed by atoms with Gasteiger partial charge >= 0.3 is 0 Å². The zero-order valence-corrected chi connectivity index (χ0v) is 10.7. The Morgan fingerprint density at radius 2 is 1.79 bits per heavy atom. The molecule has 0 radical (unpaired) electrons. The Hall–Kier alpha value is -2.00. The molecule has 2 aromatic carbocycles. The lowest BCUT2D eigenvalue weighted by molar-refractivity contribution is 0.0912. The molecule has 2 rings (SSSR count). The molecule has 19 heavy (non-hydrogen) atoms. The van der Waals surface area contributed by atoms with Gasteiger partial charge < -0.3 is 5.73 Å². The van der Waals surface area contributed by atoms with Crippen LogP contribution in [0.1, 0.15) is 28.9 Å². The summed E-state index contributed by atoms with van der Waals surface area (Å²) in [6.45, 7) is 1.77. The van der Waals surface area contributed by atoms with E-state index in [2.05, 4.69) is 0 Å². The van der Waals surface area contributed by atoms with Crippen molar-refractivity contribution in [1.29, 1.82) is 0 Å². The second-order valence-corrected chi connectivity index (χ2v) is 4.60. The van der Waals surface area contributed by atoms with Crippen LogP contribution in [-0.4, -0.2) is 5.78 Å². The van der Waals surface area contributed by atoms with Crippen LogP contribution in [0.5, 0.6) is 0 Å². The van der Waals surface area contributed by atoms with E-state index in [0.717, 1.165) is 5.56 Å². The van der Waals surface area contributed by atoms with Crippen molar-refractivity contribution in [3.63, 3.8) is 0 Å². The number of nitrogens with two attached hydrogens (primary N) is 1. The number of hydrogen-bond acceptors (Lipinski definition) is 2. The van der Waals surface area contributed by atoms with Crippen LogP contribution in [0, 0.1) is 11.7 Å². The number of rotatable bonds is 4. The quantitative estimate of drug-likeness (QED) is 0.853. The molecular formula is C16H16FNO. The molecule has 2 N–H and O–H groups in total. The minimum Gasteiger partial charge on any atom is -0.323 e. The minimum absolute atomic E-state index is 0.143. The summed E-state index contributed by atoms with van der Waals surface area (Å²) in [7, 11) is 0. The summed E-state index contributed by atoms with van der Waals surface area (Å²) >= 11 is 0. The Labute approximate surface area is 112 Å². The highest BCUT2D eigenvalue weighted by Crippen LogP contribution is 2.23. The molecule has 2 nitrogen and oxygen atoms in total. The lowest BCUT2D eigenvalue weighted by Gasteiger charge is -2.19. The Morgan fingerprint density at radius 1 is 1.11 bits per heavy atom. The van der Waals surface area contributed by atoms with Crippen molar-refractivity contribution in [2.45, 2.75) is 13.0 Å². The van der Waals surface area contributed by atoms with Crippen LogP contribution in [0.15, 0.2) is 54.6 Å². The normalized spacial score (nSPS) is 13.8. The van der Waals surface area contributed by atoms with Crippen molar-refractivity contribution in [2.75, 3.05) is 0 Å². The van der Waals surface area contributed by atoms with Gasteiger partial charge in [-0.05, 0) is 17.7 Å². The van der Waals surface area contributed by atoms with Crippen LogP contribution in [-0.2, 0) is 0 Å². The molecule has 0 aliphatic carbocycles. The Balaban J connectivity index is 2.20. The average molecular weight is 257 g/mol. The third-order valence-electron chi connectivity index (χ3n) is 3.25. The van der Waals surface area contributed by atoms with Crippen LogP contribution in [0.25, 0.3) is 0 Å². The van der Waals surface area contributed by atoms with Gasteiger partial charge in [-0.2, -0.15) is 0 Å². The van der Waals surface area contributed by atoms with Crippen molar-refractivity contribution < 1.29 is 9.18 Å². The first-order chi connectivity index (χ1) is 9.09. The van der Waals surface area contributed by atoms with Crippen molar-refractivity contribution in [2.24, 2.45) is 11.7 Å². The van der Waals surface area contributed by atoms with Crippen molar-refractivity contribution in [3.8, 4) is 0 Å². The fourth-order valence-corrected chi connectivity index (χ4v) is 2.03. The molecule has 0 bridgehead atoms. The zero-order valence-electron chi connectivity index (χ0n) is 10.7. The van der Waals surface area contributed by atoms with Gasteiger partial charge in [0.05, 0.1) is 0 Å². The minimum atomic E-state index is -0.411. The second-order valence-electron chi connectivity index (χ2n) is 4.60. The number of halogens is 1. The highest BCUT2D eigenvalue weighted by Gasteiger charge is 2.23. The maximum Gasteiger partial charge on any atom is 0.167 e. The molecular weight excluding hydrogens is 241 g/mol. The maximum atomic E-state index is 13.1. The molecule has 0 aliphatic rings. The highest BCUT2D eigenvalue weighted by molar-refractivity contribution is 5.98. The standard InChI is InChI=1S/C16H16FNO/c1-11(15(18)12-6-3-2-4-7-12)16(19)13-8-5-9-14(17)10-13/h2-11,15H,18H2,1H3. The van der Waals surface area contributed by atoms with Crippen LogP contribution < -0.4 is 5.73 Å². The van der Waals surface area contributed by atoms with Crippen molar-refractivity contribution in [3.05, 3.63) is 71.5 Å². The first-order valence-electron chi connectivity index (χ1n) is 6.20. The van der Waals surface area contributed by atoms with Gasteiger partial charge in [-0.1, -0.05) is 49.4 Å². The Bertz CT molecular complexity index is 568. The molecule has 2 unspecified atom stereocenters. The van der Waals surface area contributed by atoms with Crippen molar-refractivity contribution in [1.82, 2.24) is 0 Å². The van der Waals surface area contributed by atoms with Gasteiger partial charge in [-0.25, -0.2) is 4.39 Å². The molecule has 0 saturated heterocycles. The van der Waals surface area contributed by atoms with E-state index in [1.807, 2.05) is 30.3 Å². The van der Waals surface area contributed by atoms with E-state index in [1.165, 1.54) is 18.2 Å². The Morgan fingerprint density at radius 3 is 2.42 bits per heavy atom. The number of carbonyl (C=O) groups excluding carboxylic acids is 1. The lowest BCUT2D eigenvalue weighted by Crippen LogP contribution is -2.26. The summed E-state index contributed by atoms with van der Waals surface area (Å²) in [6, 6.07) is 14.8. The summed E-state index contributed by atoms with van der Waals surface area (Å²) in [5.74, 6) is -0.952. The molecule has 98 valence electrons. The van der Waals surface area contributed by atoms with Gasteiger partial charge in [0, 0.05) is 17.5 Å². The van der Waals surface area contributed by atoms with Gasteiger partial charge in [-0.3, -0.25) is 4.79 Å². The van der Waals surface area contributed by atoms with E-state index in [1.54, 1.807) is 13.0 Å². The summed E-state index contributed by atoms with van der Waals surface area (Å²) in [4.78, 5) is 12.3. The molecule has 0 amide bonds. The lowest BCUT2D eigenvalue weighted by atomic mass is 9.89. The number of benzene rings is 2. The second kappa shape index (κ2) is 5.76. The van der Waals surface area contributed by atoms with Crippen LogP contribution in [0.3, 0.4) is 0 Å². The summed E-state index contributed by atoms with van der Waals surface area (Å²) in [5.41, 5.74) is 7.36. The van der Waals surface area contributed by atoms with Crippen molar-refractivity contribution >= 4 is 5.78 Å². The monoisotopic (exact) mass is 257 g/mol. The van der Waals surface area contributed by atoms with E-state index < -0.39 is 17.8 Å². The molecule has 3 heteroatoms. The van der Waals surface area contributed by atoms with Gasteiger partial charge in [-0.15, -0.1) is 0 Å². The number of carbonyl (C=O) groups is 1. The van der Waals surface area contributed by atoms with Gasteiger partial charge in [0.25, 0.3) is 0 Å². The fourth-order valence-electron chi connectivity index (χ4n) is 2.03. The van der Waals surface area contributed by atoms with E-state index in [-0.39, 0.29) is 5.78 Å². The zero-order chi connectivity index (χ0) is 13.8. The molecule has 0 aromatic heterocycles. The number of hydrogen-bond donors (Lipinski definition) is 1. The average Bonchev–Trinajstić information content (AvgIpc) is 2.46. The van der Waals surface area contributed by atoms with Gasteiger partial charge in [0.1, 0.15) is 5.82 Å². The molecule has 2 aromatic rings. The van der Waals surface area contributed by atoms with Gasteiger partial charge in [0.15, 0.2) is 5.78 Å². The fraction of sp³-hybridized carbons (Fsp3) is 0.188. The smallest absolute Gasteiger partial charge is 0.167 e. The van der Waals surface area contributed by atoms with Crippen LogP contribution in [0.4, 0.5) is 4.39 Å². The molecule has 0 aliphatic heterocycles. The molecule has 0 fully saturated rings. The summed E-state index contributed by atoms with van der Waals surface area (Å²) in [6.07, 6.45) is 0.